The van der Waals surface area contributed by atoms with E-state index in [1.54, 1.807) is 7.11 Å². The maximum atomic E-state index is 12.0. The Morgan fingerprint density at radius 3 is 2.70 bits per heavy atom. The zero-order valence-electron chi connectivity index (χ0n) is 12.0. The molecule has 110 valence electrons. The molecule has 0 bridgehead atoms. The van der Waals surface area contributed by atoms with Crippen LogP contribution in [0.1, 0.15) is 31.2 Å². The van der Waals surface area contributed by atoms with Crippen LogP contribution in [0.4, 0.5) is 0 Å². The van der Waals surface area contributed by atoms with Crippen molar-refractivity contribution in [2.75, 3.05) is 7.11 Å². The minimum absolute atomic E-state index is 0.0528. The van der Waals surface area contributed by atoms with Gasteiger partial charge in [-0.25, -0.2) is 0 Å². The van der Waals surface area contributed by atoms with Crippen molar-refractivity contribution >= 4 is 5.97 Å². The molecule has 1 aromatic rings. The molecule has 1 aliphatic carbocycles. The van der Waals surface area contributed by atoms with Crippen LogP contribution in [0, 0.1) is 0 Å². The third-order valence-electron chi connectivity index (χ3n) is 3.80. The summed E-state index contributed by atoms with van der Waals surface area (Å²) in [5.41, 5.74) is 6.98. The number of nitrogens with two attached hydrogens (primary N) is 1. The second-order valence-electron chi connectivity index (χ2n) is 5.38. The minimum atomic E-state index is -0.597. The monoisotopic (exact) mass is 277 g/mol. The van der Waals surface area contributed by atoms with Crippen molar-refractivity contribution in [2.24, 2.45) is 5.73 Å². The highest BCUT2D eigenvalue weighted by molar-refractivity contribution is 5.76. The van der Waals surface area contributed by atoms with Gasteiger partial charge in [-0.1, -0.05) is 30.3 Å². The number of carbonyl (C=O) groups is 1. The van der Waals surface area contributed by atoms with Crippen molar-refractivity contribution in [1.82, 2.24) is 0 Å². The fourth-order valence-corrected chi connectivity index (χ4v) is 2.63. The summed E-state index contributed by atoms with van der Waals surface area (Å²) in [5.74, 6) is -0.310. The maximum absolute atomic E-state index is 12.0. The van der Waals surface area contributed by atoms with Gasteiger partial charge in [-0.15, -0.1) is 0 Å². The molecule has 2 unspecified atom stereocenters. The molecule has 4 nitrogen and oxygen atoms in total. The summed E-state index contributed by atoms with van der Waals surface area (Å²) < 4.78 is 10.8. The molecule has 0 spiro atoms. The summed E-state index contributed by atoms with van der Waals surface area (Å²) in [6.45, 7) is 0. The Morgan fingerprint density at radius 2 is 2.00 bits per heavy atom. The quantitative estimate of drug-likeness (QED) is 0.837. The molecule has 0 amide bonds. The van der Waals surface area contributed by atoms with Gasteiger partial charge in [-0.2, -0.15) is 0 Å². The highest BCUT2D eigenvalue weighted by Crippen LogP contribution is 2.23. The van der Waals surface area contributed by atoms with Gasteiger partial charge in [-0.3, -0.25) is 4.79 Å². The van der Waals surface area contributed by atoms with Crippen molar-refractivity contribution in [3.8, 4) is 0 Å². The largest absolute Gasteiger partial charge is 0.461 e. The number of methoxy groups -OCH3 is 1. The first-order valence-corrected chi connectivity index (χ1v) is 7.22. The molecule has 0 aromatic heterocycles. The van der Waals surface area contributed by atoms with Crippen LogP contribution in [0.3, 0.4) is 0 Å². The summed E-state index contributed by atoms with van der Waals surface area (Å²) in [5, 5.41) is 0. The van der Waals surface area contributed by atoms with Crippen LogP contribution in [0.25, 0.3) is 0 Å². The molecule has 2 rings (SSSR count). The molecule has 0 saturated heterocycles. The molecule has 1 aromatic carbocycles. The van der Waals surface area contributed by atoms with Gasteiger partial charge in [0, 0.05) is 13.5 Å². The average Bonchev–Trinajstić information content (AvgIpc) is 2.48. The van der Waals surface area contributed by atoms with E-state index in [1.165, 1.54) is 0 Å². The van der Waals surface area contributed by atoms with Crippen LogP contribution in [0.15, 0.2) is 30.3 Å². The number of ether oxygens (including phenoxy) is 2. The number of esters is 1. The topological polar surface area (TPSA) is 61.5 Å². The van der Waals surface area contributed by atoms with Gasteiger partial charge in [0.2, 0.25) is 0 Å². The minimum Gasteiger partial charge on any atom is -0.461 e. The summed E-state index contributed by atoms with van der Waals surface area (Å²) in [6, 6.07) is 9.17. The molecular weight excluding hydrogens is 254 g/mol. The van der Waals surface area contributed by atoms with E-state index in [1.807, 2.05) is 30.3 Å². The van der Waals surface area contributed by atoms with E-state index in [2.05, 4.69) is 0 Å². The summed E-state index contributed by atoms with van der Waals surface area (Å²) in [4.78, 5) is 12.0. The lowest BCUT2D eigenvalue weighted by Gasteiger charge is -2.28. The first kappa shape index (κ1) is 15.0. The molecule has 1 saturated carbocycles. The van der Waals surface area contributed by atoms with Crippen LogP contribution in [-0.4, -0.2) is 31.3 Å². The van der Waals surface area contributed by atoms with Crippen LogP contribution in [0.2, 0.25) is 0 Å². The second-order valence-corrected chi connectivity index (χ2v) is 5.38. The van der Waals surface area contributed by atoms with Crippen LogP contribution in [0.5, 0.6) is 0 Å². The molecule has 2 N–H and O–H groups in total. The van der Waals surface area contributed by atoms with E-state index >= 15 is 0 Å². The normalized spacial score (nSPS) is 24.1. The molecular formula is C16H23NO3. The molecule has 4 heteroatoms. The van der Waals surface area contributed by atoms with E-state index in [-0.39, 0.29) is 18.2 Å². The Bertz CT molecular complexity index is 421. The highest BCUT2D eigenvalue weighted by atomic mass is 16.5. The molecule has 0 heterocycles. The zero-order chi connectivity index (χ0) is 14.4. The summed E-state index contributed by atoms with van der Waals surface area (Å²) >= 11 is 0. The Kier molecular flexibility index (Phi) is 5.56. The van der Waals surface area contributed by atoms with Gasteiger partial charge in [0.25, 0.3) is 0 Å². The Hall–Kier alpha value is -1.39. The lowest BCUT2D eigenvalue weighted by Crippen LogP contribution is -2.38. The fourth-order valence-electron chi connectivity index (χ4n) is 2.63. The van der Waals surface area contributed by atoms with Crippen LogP contribution in [-0.2, 0) is 20.7 Å². The van der Waals surface area contributed by atoms with Gasteiger partial charge >= 0.3 is 5.97 Å². The Labute approximate surface area is 120 Å². The number of benzene rings is 1. The number of hydrogen-bond donors (Lipinski definition) is 1. The molecule has 0 aliphatic heterocycles. The first-order chi connectivity index (χ1) is 9.69. The van der Waals surface area contributed by atoms with Crippen molar-refractivity contribution in [2.45, 2.75) is 50.4 Å². The lowest BCUT2D eigenvalue weighted by molar-refractivity contribution is -0.154. The SMILES string of the molecule is COC1CCCC(OC(=O)[C@@H](N)Cc2ccccc2)C1. The molecule has 1 fully saturated rings. The first-order valence-electron chi connectivity index (χ1n) is 7.22. The predicted molar refractivity (Wildman–Crippen MR) is 77.3 cm³/mol. The van der Waals surface area contributed by atoms with E-state index in [9.17, 15) is 4.79 Å². The van der Waals surface area contributed by atoms with Crippen LogP contribution >= 0.6 is 0 Å². The van der Waals surface area contributed by atoms with Gasteiger partial charge in [0.15, 0.2) is 0 Å². The molecule has 20 heavy (non-hydrogen) atoms. The summed E-state index contributed by atoms with van der Waals surface area (Å²) in [7, 11) is 1.70. The van der Waals surface area contributed by atoms with Crippen molar-refractivity contribution in [3.63, 3.8) is 0 Å². The molecule has 0 radical (unpaired) electrons. The number of hydrogen-bond acceptors (Lipinski definition) is 4. The van der Waals surface area contributed by atoms with Gasteiger partial charge in [0.05, 0.1) is 6.10 Å². The van der Waals surface area contributed by atoms with Crippen LogP contribution < -0.4 is 5.73 Å². The Morgan fingerprint density at radius 1 is 1.30 bits per heavy atom. The Balaban J connectivity index is 1.81. The average molecular weight is 277 g/mol. The standard InChI is InChI=1S/C16H23NO3/c1-19-13-8-5-9-14(11-13)20-16(18)15(17)10-12-6-3-2-4-7-12/h2-4,6-7,13-15H,5,8-11,17H2,1H3/t13?,14?,15-/m0/s1. The highest BCUT2D eigenvalue weighted by Gasteiger charge is 2.26. The lowest BCUT2D eigenvalue weighted by atomic mass is 9.95. The second kappa shape index (κ2) is 7.41. The summed E-state index contributed by atoms with van der Waals surface area (Å²) in [6.07, 6.45) is 4.42. The zero-order valence-corrected chi connectivity index (χ0v) is 12.0. The predicted octanol–water partition coefficient (Wildman–Crippen LogP) is 2.06. The van der Waals surface area contributed by atoms with E-state index in [0.29, 0.717) is 6.42 Å². The maximum Gasteiger partial charge on any atom is 0.323 e. The third kappa shape index (κ3) is 4.32. The van der Waals surface area contributed by atoms with Crippen molar-refractivity contribution in [3.05, 3.63) is 35.9 Å². The fraction of sp³-hybridized carbons (Fsp3) is 0.562. The van der Waals surface area contributed by atoms with Crippen molar-refractivity contribution < 1.29 is 14.3 Å². The molecule has 1 aliphatic rings. The molecule has 3 atom stereocenters. The van der Waals surface area contributed by atoms with Crippen molar-refractivity contribution in [1.29, 1.82) is 0 Å². The van der Waals surface area contributed by atoms with E-state index in [0.717, 1.165) is 31.2 Å². The van der Waals surface area contributed by atoms with Gasteiger partial charge in [-0.05, 0) is 31.2 Å². The third-order valence-corrected chi connectivity index (χ3v) is 3.80. The van der Waals surface area contributed by atoms with E-state index in [4.69, 9.17) is 15.2 Å². The van der Waals surface area contributed by atoms with Gasteiger partial charge in [0.1, 0.15) is 12.1 Å². The number of rotatable bonds is 5. The number of carbonyl (C=O) groups excluding carboxylic acids is 1. The van der Waals surface area contributed by atoms with Gasteiger partial charge < -0.3 is 15.2 Å². The van der Waals surface area contributed by atoms with E-state index < -0.39 is 6.04 Å². The smallest absolute Gasteiger partial charge is 0.323 e.